The number of amides is 1. The Labute approximate surface area is 119 Å². The summed E-state index contributed by atoms with van der Waals surface area (Å²) < 4.78 is 5.37. The summed E-state index contributed by atoms with van der Waals surface area (Å²) in [6.45, 7) is 3.23. The van der Waals surface area contributed by atoms with Crippen LogP contribution in [0.4, 0.5) is 5.69 Å². The lowest BCUT2D eigenvalue weighted by atomic mass is 9.99. The van der Waals surface area contributed by atoms with Gasteiger partial charge in [0.25, 0.3) is 5.91 Å². The number of rotatable bonds is 4. The van der Waals surface area contributed by atoms with E-state index in [-0.39, 0.29) is 12.5 Å². The highest BCUT2D eigenvalue weighted by Crippen LogP contribution is 2.29. The van der Waals surface area contributed by atoms with Crippen molar-refractivity contribution < 1.29 is 9.53 Å². The summed E-state index contributed by atoms with van der Waals surface area (Å²) in [4.78, 5) is 11.3. The topological polar surface area (TPSA) is 50.4 Å². The third kappa shape index (κ3) is 2.96. The van der Waals surface area contributed by atoms with E-state index >= 15 is 0 Å². The van der Waals surface area contributed by atoms with Crippen LogP contribution in [0, 0.1) is 5.92 Å². The number of carbonyl (C=O) groups excluding carboxylic acids is 1. The van der Waals surface area contributed by atoms with Gasteiger partial charge in [-0.2, -0.15) is 0 Å². The molecule has 2 aliphatic rings. The Hall–Kier alpha value is -1.55. The van der Waals surface area contributed by atoms with E-state index in [2.05, 4.69) is 23.6 Å². The lowest BCUT2D eigenvalue weighted by Crippen LogP contribution is -2.32. The predicted octanol–water partition coefficient (Wildman–Crippen LogP) is 2.69. The summed E-state index contributed by atoms with van der Waals surface area (Å²) in [7, 11) is 0. The predicted molar refractivity (Wildman–Crippen MR) is 78.8 cm³/mol. The Morgan fingerprint density at radius 3 is 3.00 bits per heavy atom. The number of benzene rings is 1. The second-order valence-electron chi connectivity index (χ2n) is 5.88. The molecule has 4 nitrogen and oxygen atoms in total. The van der Waals surface area contributed by atoms with Gasteiger partial charge in [0.2, 0.25) is 0 Å². The van der Waals surface area contributed by atoms with Crippen molar-refractivity contribution >= 4 is 11.6 Å². The monoisotopic (exact) mass is 274 g/mol. The van der Waals surface area contributed by atoms with Gasteiger partial charge in [0.1, 0.15) is 5.75 Å². The van der Waals surface area contributed by atoms with Crippen LogP contribution in [0.25, 0.3) is 0 Å². The lowest BCUT2D eigenvalue weighted by Gasteiger charge is -2.22. The Morgan fingerprint density at radius 1 is 1.40 bits per heavy atom. The molecule has 0 spiro atoms. The van der Waals surface area contributed by atoms with Crippen LogP contribution in [0.1, 0.15) is 38.2 Å². The number of fused-ring (bicyclic) bond motifs is 1. The summed E-state index contributed by atoms with van der Waals surface area (Å²) in [6.07, 6.45) is 5.45. The smallest absolute Gasteiger partial charge is 0.262 e. The first-order valence-corrected chi connectivity index (χ1v) is 7.51. The maximum atomic E-state index is 11.3. The molecule has 1 aromatic rings. The molecule has 1 fully saturated rings. The number of nitrogens with one attached hydrogen (secondary N) is 2. The van der Waals surface area contributed by atoms with E-state index in [9.17, 15) is 4.79 Å². The fourth-order valence-corrected chi connectivity index (χ4v) is 3.14. The van der Waals surface area contributed by atoms with Crippen LogP contribution in [0.15, 0.2) is 18.2 Å². The minimum atomic E-state index is -0.0815. The molecule has 0 radical (unpaired) electrons. The molecule has 1 aliphatic heterocycles. The average molecular weight is 274 g/mol. The Morgan fingerprint density at radius 2 is 2.20 bits per heavy atom. The maximum Gasteiger partial charge on any atom is 0.262 e. The molecule has 0 bridgehead atoms. The zero-order valence-electron chi connectivity index (χ0n) is 11.9. The summed E-state index contributed by atoms with van der Waals surface area (Å²) in [6, 6.07) is 6.55. The van der Waals surface area contributed by atoms with Crippen molar-refractivity contribution in [1.82, 2.24) is 5.32 Å². The lowest BCUT2D eigenvalue weighted by molar-refractivity contribution is -0.118. The number of hydrogen-bond donors (Lipinski definition) is 2. The van der Waals surface area contributed by atoms with Crippen LogP contribution in [-0.4, -0.2) is 18.6 Å². The highest BCUT2D eigenvalue weighted by Gasteiger charge is 2.21. The minimum absolute atomic E-state index is 0.0815. The second-order valence-corrected chi connectivity index (χ2v) is 5.88. The molecule has 1 amide bonds. The number of carbonyl (C=O) groups is 1. The third-order valence-electron chi connectivity index (χ3n) is 4.41. The van der Waals surface area contributed by atoms with E-state index < -0.39 is 0 Å². The quantitative estimate of drug-likeness (QED) is 0.887. The van der Waals surface area contributed by atoms with Crippen molar-refractivity contribution in [3.8, 4) is 5.75 Å². The first-order valence-electron chi connectivity index (χ1n) is 7.51. The summed E-state index contributed by atoms with van der Waals surface area (Å²) in [5.74, 6) is 1.50. The summed E-state index contributed by atoms with van der Waals surface area (Å²) in [5, 5.41) is 6.46. The number of hydrogen-bond acceptors (Lipinski definition) is 3. The number of anilines is 1. The molecule has 1 aromatic carbocycles. The highest BCUT2D eigenvalue weighted by atomic mass is 16.5. The van der Waals surface area contributed by atoms with Gasteiger partial charge in [-0.1, -0.05) is 18.9 Å². The van der Waals surface area contributed by atoms with Crippen LogP contribution in [0.2, 0.25) is 0 Å². The van der Waals surface area contributed by atoms with Crippen LogP contribution < -0.4 is 15.4 Å². The van der Waals surface area contributed by atoms with Crippen LogP contribution in [-0.2, 0) is 11.3 Å². The molecule has 4 heteroatoms. The second kappa shape index (κ2) is 5.83. The van der Waals surface area contributed by atoms with E-state index in [1.807, 2.05) is 12.1 Å². The summed E-state index contributed by atoms with van der Waals surface area (Å²) in [5.41, 5.74) is 1.97. The van der Waals surface area contributed by atoms with E-state index in [1.54, 1.807) is 0 Å². The van der Waals surface area contributed by atoms with Crippen molar-refractivity contribution in [1.29, 1.82) is 0 Å². The molecule has 1 aliphatic carbocycles. The molecule has 3 rings (SSSR count). The first-order chi connectivity index (χ1) is 9.72. The Kier molecular flexibility index (Phi) is 3.92. The molecule has 2 N–H and O–H groups in total. The Balaban J connectivity index is 1.60. The molecular weight excluding hydrogens is 252 g/mol. The number of ether oxygens (including phenoxy) is 1. The van der Waals surface area contributed by atoms with Crippen molar-refractivity contribution in [2.24, 2.45) is 5.92 Å². The molecule has 1 saturated carbocycles. The van der Waals surface area contributed by atoms with Crippen LogP contribution in [0.3, 0.4) is 0 Å². The van der Waals surface area contributed by atoms with Gasteiger partial charge in [-0.3, -0.25) is 4.79 Å². The van der Waals surface area contributed by atoms with Crippen molar-refractivity contribution in [2.45, 2.75) is 45.2 Å². The van der Waals surface area contributed by atoms with Crippen molar-refractivity contribution in [3.05, 3.63) is 23.8 Å². The molecule has 1 unspecified atom stereocenters. The molecular formula is C16H22N2O2. The fraction of sp³-hybridized carbons (Fsp3) is 0.562. The van der Waals surface area contributed by atoms with Gasteiger partial charge in [-0.25, -0.2) is 0 Å². The normalized spacial score (nSPS) is 20.1. The van der Waals surface area contributed by atoms with Gasteiger partial charge in [0.15, 0.2) is 6.61 Å². The molecule has 108 valence electrons. The van der Waals surface area contributed by atoms with E-state index in [0.29, 0.717) is 6.04 Å². The van der Waals surface area contributed by atoms with Gasteiger partial charge in [0, 0.05) is 12.6 Å². The van der Waals surface area contributed by atoms with Gasteiger partial charge in [-0.15, -0.1) is 0 Å². The van der Waals surface area contributed by atoms with Gasteiger partial charge >= 0.3 is 0 Å². The standard InChI is InChI=1S/C16H22N2O2/c1-11(13-4-2-3-5-13)17-9-12-6-7-15-14(8-12)18-16(19)10-20-15/h6-8,11,13,17H,2-5,9-10H2,1H3,(H,18,19). The first kappa shape index (κ1) is 13.4. The largest absolute Gasteiger partial charge is 0.482 e. The third-order valence-corrected chi connectivity index (χ3v) is 4.41. The molecule has 1 atom stereocenters. The highest BCUT2D eigenvalue weighted by molar-refractivity contribution is 5.95. The van der Waals surface area contributed by atoms with E-state index in [0.717, 1.165) is 23.9 Å². The van der Waals surface area contributed by atoms with Crippen LogP contribution in [0.5, 0.6) is 5.75 Å². The minimum Gasteiger partial charge on any atom is -0.482 e. The van der Waals surface area contributed by atoms with E-state index in [1.165, 1.54) is 31.2 Å². The molecule has 1 heterocycles. The van der Waals surface area contributed by atoms with Gasteiger partial charge < -0.3 is 15.4 Å². The zero-order chi connectivity index (χ0) is 13.9. The molecule has 0 saturated heterocycles. The molecule has 0 aromatic heterocycles. The average Bonchev–Trinajstić information content (AvgIpc) is 2.98. The van der Waals surface area contributed by atoms with Crippen molar-refractivity contribution in [2.75, 3.05) is 11.9 Å². The Bertz CT molecular complexity index is 495. The van der Waals surface area contributed by atoms with Gasteiger partial charge in [0.05, 0.1) is 5.69 Å². The summed E-state index contributed by atoms with van der Waals surface area (Å²) >= 11 is 0. The SMILES string of the molecule is CC(NCc1ccc2c(c1)NC(=O)CO2)C1CCCC1. The fourth-order valence-electron chi connectivity index (χ4n) is 3.14. The van der Waals surface area contributed by atoms with Gasteiger partial charge in [-0.05, 0) is 43.4 Å². The van der Waals surface area contributed by atoms with Crippen molar-refractivity contribution in [3.63, 3.8) is 0 Å². The zero-order valence-corrected chi connectivity index (χ0v) is 11.9. The maximum absolute atomic E-state index is 11.3. The van der Waals surface area contributed by atoms with E-state index in [4.69, 9.17) is 4.74 Å². The molecule has 20 heavy (non-hydrogen) atoms. The van der Waals surface area contributed by atoms with Crippen LogP contribution >= 0.6 is 0 Å².